The summed E-state index contributed by atoms with van der Waals surface area (Å²) in [7, 11) is 0. The van der Waals surface area contributed by atoms with Crippen molar-refractivity contribution in [1.82, 2.24) is 5.32 Å². The lowest BCUT2D eigenvalue weighted by Gasteiger charge is -2.14. The molecule has 82 valence electrons. The van der Waals surface area contributed by atoms with E-state index in [-0.39, 0.29) is 6.04 Å². The van der Waals surface area contributed by atoms with Gasteiger partial charge in [-0.1, -0.05) is 0 Å². The van der Waals surface area contributed by atoms with Crippen LogP contribution in [0.5, 0.6) is 0 Å². The first-order valence-electron chi connectivity index (χ1n) is 5.01. The number of nitriles is 1. The molecule has 0 aromatic heterocycles. The molecule has 0 radical (unpaired) electrons. The number of hydrogen-bond donors (Lipinski definition) is 1. The van der Waals surface area contributed by atoms with Crippen molar-refractivity contribution in [1.29, 1.82) is 5.26 Å². The van der Waals surface area contributed by atoms with Crippen molar-refractivity contribution in [3.8, 4) is 6.07 Å². The fourth-order valence-corrected chi connectivity index (χ4v) is 0.988. The summed E-state index contributed by atoms with van der Waals surface area (Å²) in [5, 5.41) is 11.8. The molecule has 0 aliphatic rings. The van der Waals surface area contributed by atoms with E-state index >= 15 is 0 Å². The van der Waals surface area contributed by atoms with Crippen LogP contribution in [0.2, 0.25) is 0 Å². The first-order chi connectivity index (χ1) is 6.70. The molecule has 1 unspecified atom stereocenters. The van der Waals surface area contributed by atoms with Crippen LogP contribution in [0.4, 0.5) is 0 Å². The van der Waals surface area contributed by atoms with Crippen LogP contribution in [0.3, 0.4) is 0 Å². The molecule has 0 bridgehead atoms. The van der Waals surface area contributed by atoms with Gasteiger partial charge in [0.1, 0.15) is 6.04 Å². The van der Waals surface area contributed by atoms with Gasteiger partial charge in [-0.3, -0.25) is 5.32 Å². The van der Waals surface area contributed by atoms with E-state index in [1.54, 1.807) is 0 Å². The molecule has 0 saturated carbocycles. The van der Waals surface area contributed by atoms with E-state index in [0.29, 0.717) is 32.5 Å². The van der Waals surface area contributed by atoms with Gasteiger partial charge in [0, 0.05) is 12.6 Å². The maximum atomic E-state index is 8.75. The third-order valence-electron chi connectivity index (χ3n) is 1.55. The molecular formula is C10H20N2O2. The summed E-state index contributed by atoms with van der Waals surface area (Å²) in [6.07, 6.45) is 0. The van der Waals surface area contributed by atoms with E-state index in [2.05, 4.69) is 11.4 Å². The third-order valence-corrected chi connectivity index (χ3v) is 1.55. The van der Waals surface area contributed by atoms with Gasteiger partial charge in [-0.05, 0) is 20.8 Å². The van der Waals surface area contributed by atoms with Crippen molar-refractivity contribution < 1.29 is 9.47 Å². The summed E-state index contributed by atoms with van der Waals surface area (Å²) in [5.41, 5.74) is 0. The Morgan fingerprint density at radius 3 is 2.43 bits per heavy atom. The standard InChI is InChI=1S/C10H20N2O2/c1-4-13-5-6-14-8-10(7-11)12-9(2)3/h9-10,12H,4-6,8H2,1-3H3. The maximum absolute atomic E-state index is 8.75. The second-order valence-corrected chi connectivity index (χ2v) is 3.27. The van der Waals surface area contributed by atoms with Gasteiger partial charge in [0.2, 0.25) is 0 Å². The molecule has 0 spiro atoms. The Morgan fingerprint density at radius 1 is 1.29 bits per heavy atom. The molecule has 1 N–H and O–H groups in total. The van der Waals surface area contributed by atoms with Gasteiger partial charge in [0.15, 0.2) is 0 Å². The van der Waals surface area contributed by atoms with Crippen LogP contribution in [0.25, 0.3) is 0 Å². The van der Waals surface area contributed by atoms with Gasteiger partial charge in [0.25, 0.3) is 0 Å². The fraction of sp³-hybridized carbons (Fsp3) is 0.900. The van der Waals surface area contributed by atoms with E-state index in [1.807, 2.05) is 20.8 Å². The molecule has 0 heterocycles. The maximum Gasteiger partial charge on any atom is 0.119 e. The Labute approximate surface area is 86.2 Å². The molecule has 0 amide bonds. The molecule has 0 aliphatic heterocycles. The zero-order valence-electron chi connectivity index (χ0n) is 9.25. The topological polar surface area (TPSA) is 54.3 Å². The van der Waals surface area contributed by atoms with Gasteiger partial charge in [-0.2, -0.15) is 5.26 Å². The lowest BCUT2D eigenvalue weighted by Crippen LogP contribution is -2.37. The molecule has 4 heteroatoms. The SMILES string of the molecule is CCOCCOCC(C#N)NC(C)C. The number of nitrogens with one attached hydrogen (secondary N) is 1. The van der Waals surface area contributed by atoms with Crippen LogP contribution < -0.4 is 5.32 Å². The van der Waals surface area contributed by atoms with E-state index in [9.17, 15) is 0 Å². The second kappa shape index (κ2) is 8.95. The minimum absolute atomic E-state index is 0.225. The van der Waals surface area contributed by atoms with Gasteiger partial charge in [-0.25, -0.2) is 0 Å². The van der Waals surface area contributed by atoms with Crippen LogP contribution >= 0.6 is 0 Å². The van der Waals surface area contributed by atoms with Crippen molar-refractivity contribution in [2.45, 2.75) is 32.9 Å². The quantitative estimate of drug-likeness (QED) is 0.592. The number of hydrogen-bond acceptors (Lipinski definition) is 4. The first-order valence-corrected chi connectivity index (χ1v) is 5.01. The van der Waals surface area contributed by atoms with Gasteiger partial charge < -0.3 is 9.47 Å². The van der Waals surface area contributed by atoms with Crippen molar-refractivity contribution >= 4 is 0 Å². The molecule has 0 aromatic carbocycles. The molecule has 0 saturated heterocycles. The zero-order valence-corrected chi connectivity index (χ0v) is 9.25. The fourth-order valence-electron chi connectivity index (χ4n) is 0.988. The lowest BCUT2D eigenvalue weighted by atomic mass is 10.3. The normalized spacial score (nSPS) is 12.8. The van der Waals surface area contributed by atoms with E-state index in [4.69, 9.17) is 14.7 Å². The van der Waals surface area contributed by atoms with Gasteiger partial charge in [0.05, 0.1) is 25.9 Å². The first kappa shape index (κ1) is 13.4. The summed E-state index contributed by atoms with van der Waals surface area (Å²) >= 11 is 0. The Kier molecular flexibility index (Phi) is 8.54. The van der Waals surface area contributed by atoms with E-state index < -0.39 is 0 Å². The molecule has 0 rings (SSSR count). The van der Waals surface area contributed by atoms with Crippen molar-refractivity contribution in [3.63, 3.8) is 0 Å². The highest BCUT2D eigenvalue weighted by atomic mass is 16.5. The Hall–Kier alpha value is -0.630. The van der Waals surface area contributed by atoms with E-state index in [1.165, 1.54) is 0 Å². The number of nitrogens with zero attached hydrogens (tertiary/aromatic N) is 1. The number of rotatable bonds is 8. The summed E-state index contributed by atoms with van der Waals surface area (Å²) in [4.78, 5) is 0. The van der Waals surface area contributed by atoms with Crippen LogP contribution in [-0.4, -0.2) is 38.5 Å². The Bertz CT molecular complexity index is 166. The monoisotopic (exact) mass is 200 g/mol. The summed E-state index contributed by atoms with van der Waals surface area (Å²) in [5.74, 6) is 0. The summed E-state index contributed by atoms with van der Waals surface area (Å²) in [6.45, 7) is 8.21. The van der Waals surface area contributed by atoms with Crippen molar-refractivity contribution in [2.75, 3.05) is 26.4 Å². The van der Waals surface area contributed by atoms with Crippen molar-refractivity contribution in [2.24, 2.45) is 0 Å². The average Bonchev–Trinajstić information content (AvgIpc) is 2.15. The van der Waals surface area contributed by atoms with Gasteiger partial charge in [-0.15, -0.1) is 0 Å². The highest BCUT2D eigenvalue weighted by Crippen LogP contribution is 1.88. The summed E-state index contributed by atoms with van der Waals surface area (Å²) in [6, 6.07) is 2.22. The lowest BCUT2D eigenvalue weighted by molar-refractivity contribution is 0.0479. The minimum atomic E-state index is -0.225. The van der Waals surface area contributed by atoms with Crippen LogP contribution in [-0.2, 0) is 9.47 Å². The third kappa shape index (κ3) is 7.99. The molecule has 14 heavy (non-hydrogen) atoms. The molecule has 0 aliphatic carbocycles. The zero-order chi connectivity index (χ0) is 10.8. The minimum Gasteiger partial charge on any atom is -0.379 e. The van der Waals surface area contributed by atoms with E-state index in [0.717, 1.165) is 0 Å². The molecule has 4 nitrogen and oxygen atoms in total. The van der Waals surface area contributed by atoms with Crippen LogP contribution in [0.1, 0.15) is 20.8 Å². The van der Waals surface area contributed by atoms with Gasteiger partial charge >= 0.3 is 0 Å². The van der Waals surface area contributed by atoms with Crippen LogP contribution in [0.15, 0.2) is 0 Å². The largest absolute Gasteiger partial charge is 0.379 e. The molecule has 0 aromatic rings. The molecule has 0 fully saturated rings. The predicted octanol–water partition coefficient (Wildman–Crippen LogP) is 0.930. The Morgan fingerprint density at radius 2 is 1.93 bits per heavy atom. The Balaban J connectivity index is 3.40. The average molecular weight is 200 g/mol. The highest BCUT2D eigenvalue weighted by Gasteiger charge is 2.07. The van der Waals surface area contributed by atoms with Crippen molar-refractivity contribution in [3.05, 3.63) is 0 Å². The molecular weight excluding hydrogens is 180 g/mol. The van der Waals surface area contributed by atoms with Crippen LogP contribution in [0, 0.1) is 11.3 Å². The second-order valence-electron chi connectivity index (χ2n) is 3.27. The molecule has 1 atom stereocenters. The number of ether oxygens (including phenoxy) is 2. The predicted molar refractivity (Wildman–Crippen MR) is 55.0 cm³/mol. The smallest absolute Gasteiger partial charge is 0.119 e. The summed E-state index contributed by atoms with van der Waals surface area (Å²) < 4.78 is 10.4. The highest BCUT2D eigenvalue weighted by molar-refractivity contribution is 4.90.